The number of rotatable bonds is 4. The van der Waals surface area contributed by atoms with Gasteiger partial charge in [0.2, 0.25) is 0 Å². The summed E-state index contributed by atoms with van der Waals surface area (Å²) >= 11 is 6.50. The van der Waals surface area contributed by atoms with Crippen molar-refractivity contribution in [2.45, 2.75) is 186 Å². The van der Waals surface area contributed by atoms with Crippen molar-refractivity contribution >= 4 is 57.2 Å². The third-order valence-corrected chi connectivity index (χ3v) is 13.5. The Kier molecular flexibility index (Phi) is 16.3. The highest BCUT2D eigenvalue weighted by atomic mass is 35.5. The van der Waals surface area contributed by atoms with Crippen molar-refractivity contribution in [3.05, 3.63) is 116 Å². The van der Waals surface area contributed by atoms with Crippen LogP contribution in [0.15, 0.2) is 74.6 Å². The van der Waals surface area contributed by atoms with E-state index in [1.54, 1.807) is 6.07 Å². The summed E-state index contributed by atoms with van der Waals surface area (Å²) in [5, 5.41) is 0.839. The van der Waals surface area contributed by atoms with Gasteiger partial charge in [-0.1, -0.05) is 186 Å². The van der Waals surface area contributed by atoms with Gasteiger partial charge < -0.3 is 0 Å². The van der Waals surface area contributed by atoms with Gasteiger partial charge in [-0.2, -0.15) is 0 Å². The number of hydrogen-bond donors (Lipinski definition) is 0. The Hall–Kier alpha value is -4.29. The summed E-state index contributed by atoms with van der Waals surface area (Å²) in [7, 11) is 0. The fraction of sp³-hybridized carbons (Fsp3) is 0.533. The third kappa shape index (κ3) is 12.9. The smallest absolute Gasteiger partial charge is 0.152 e. The predicted molar refractivity (Wildman–Crippen MR) is 288 cm³/mol. The second kappa shape index (κ2) is 20.4. The zero-order valence-corrected chi connectivity index (χ0v) is 45.5. The van der Waals surface area contributed by atoms with Crippen LogP contribution in [-0.2, 0) is 47.3 Å². The van der Waals surface area contributed by atoms with E-state index in [9.17, 15) is 8.78 Å². The Labute approximate surface area is 409 Å². The molecule has 4 heterocycles. The second-order valence-corrected chi connectivity index (χ2v) is 24.8. The molecule has 4 aromatic carbocycles. The molecule has 4 nitrogen and oxygen atoms in total. The van der Waals surface area contributed by atoms with E-state index in [4.69, 9.17) is 21.6 Å². The molecule has 0 aliphatic carbocycles. The molecule has 0 fully saturated rings. The summed E-state index contributed by atoms with van der Waals surface area (Å²) in [4.78, 5) is 18.5. The lowest BCUT2D eigenvalue weighted by molar-refractivity contribution is 0.522. The molecule has 4 aliphatic rings. The fourth-order valence-corrected chi connectivity index (χ4v) is 8.98. The van der Waals surface area contributed by atoms with Crippen molar-refractivity contribution in [1.29, 1.82) is 0 Å². The van der Waals surface area contributed by atoms with Crippen LogP contribution < -0.4 is 0 Å². The first-order valence-corrected chi connectivity index (χ1v) is 25.0. The van der Waals surface area contributed by atoms with E-state index in [1.165, 1.54) is 39.4 Å². The van der Waals surface area contributed by atoms with Crippen LogP contribution in [0.2, 0.25) is 5.02 Å². The minimum absolute atomic E-state index is 0.0716. The molecule has 0 radical (unpaired) electrons. The molecule has 8 rings (SSSR count). The Morgan fingerprint density at radius 3 is 1.27 bits per heavy atom. The van der Waals surface area contributed by atoms with Crippen LogP contribution >= 0.6 is 11.6 Å². The lowest BCUT2D eigenvalue weighted by Gasteiger charge is -2.21. The van der Waals surface area contributed by atoms with Gasteiger partial charge in [-0.15, -0.1) is 0 Å². The van der Waals surface area contributed by atoms with Crippen LogP contribution in [0.3, 0.4) is 0 Å². The summed E-state index contributed by atoms with van der Waals surface area (Å²) in [6, 6.07) is 18.6. The summed E-state index contributed by atoms with van der Waals surface area (Å²) in [6.07, 6.45) is 3.59. The molecule has 0 saturated carbocycles. The van der Waals surface area contributed by atoms with Crippen LogP contribution in [0.4, 0.5) is 31.5 Å². The van der Waals surface area contributed by atoms with E-state index >= 15 is 0 Å². The summed E-state index contributed by atoms with van der Waals surface area (Å²) < 4.78 is 28.4. The highest BCUT2D eigenvalue weighted by molar-refractivity contribution is 6.34. The highest BCUT2D eigenvalue weighted by Crippen LogP contribution is 2.43. The minimum Gasteiger partial charge on any atom is -0.257 e. The van der Waals surface area contributed by atoms with Gasteiger partial charge in [-0.25, -0.2) is 8.78 Å². The Balaban J connectivity index is 0.000000167. The average molecular weight is 932 g/mol. The fourth-order valence-electron chi connectivity index (χ4n) is 8.47. The van der Waals surface area contributed by atoms with E-state index in [-0.39, 0.29) is 33.3 Å². The Morgan fingerprint density at radius 1 is 0.418 bits per heavy atom. The van der Waals surface area contributed by atoms with Gasteiger partial charge in [-0.05, 0) is 108 Å². The molecule has 0 bridgehead atoms. The zero-order chi connectivity index (χ0) is 50.3. The summed E-state index contributed by atoms with van der Waals surface area (Å²) in [5.41, 5.74) is 17.3. The van der Waals surface area contributed by atoms with Crippen molar-refractivity contribution in [2.24, 2.45) is 43.6 Å². The number of halogens is 3. The van der Waals surface area contributed by atoms with Gasteiger partial charge in [0.05, 0.1) is 22.1 Å². The maximum atomic E-state index is 14.4. The number of benzene rings is 4. The van der Waals surface area contributed by atoms with Crippen molar-refractivity contribution in [1.82, 2.24) is 0 Å². The topological polar surface area (TPSA) is 49.4 Å². The predicted octanol–water partition coefficient (Wildman–Crippen LogP) is 18.0. The van der Waals surface area contributed by atoms with Crippen LogP contribution in [-0.4, -0.2) is 22.8 Å². The standard InChI is InChI=1S/C15H20ClN.2C15H20FN.C15H21N/c1-9(2)12-8-10-6-7-11(15(3,4)5)13(16)14(10)17-12;1-9(2)13-7-10-6-12(16)11(15(3,4)5)8-14(10)17-13;1-9(2)12-8-10-6-7-11(15(3,4)5)13(16)14(10)17-12;1-10(2)13-8-11-6-7-12(15(3,4)5)9-14(11)16-13/h6-7,9H,8H2,1-5H3;6,8-9H,7H2,1-5H3;6-7,9H,8H2,1-5H3;6-7,9-10H,8H2,1-5H3. The second-order valence-electron chi connectivity index (χ2n) is 24.4. The minimum atomic E-state index is -0.171. The number of hydrogen-bond acceptors (Lipinski definition) is 4. The summed E-state index contributed by atoms with van der Waals surface area (Å²) in [5.74, 6) is 1.65. The monoisotopic (exact) mass is 931 g/mol. The Bertz CT molecular complexity index is 2480. The molecular weight excluding hydrogens is 850 g/mol. The molecule has 0 spiro atoms. The molecule has 0 amide bonds. The maximum absolute atomic E-state index is 14.4. The molecule has 0 atom stereocenters. The summed E-state index contributed by atoms with van der Waals surface area (Å²) in [6.45, 7) is 42.7. The maximum Gasteiger partial charge on any atom is 0.152 e. The van der Waals surface area contributed by atoms with Crippen LogP contribution in [0.1, 0.15) is 183 Å². The Morgan fingerprint density at radius 2 is 0.806 bits per heavy atom. The molecule has 362 valence electrons. The quantitative estimate of drug-likeness (QED) is 0.196. The van der Waals surface area contributed by atoms with Gasteiger partial charge >= 0.3 is 0 Å². The molecule has 0 saturated heterocycles. The van der Waals surface area contributed by atoms with Gasteiger partial charge in [0, 0.05) is 48.5 Å². The molecular formula is C60H81ClF2N4. The number of aliphatic imine (C=N–C) groups is 4. The van der Waals surface area contributed by atoms with Gasteiger partial charge in [0.25, 0.3) is 0 Å². The number of nitrogens with zero attached hydrogens (tertiary/aromatic N) is 4. The van der Waals surface area contributed by atoms with Crippen molar-refractivity contribution in [3.8, 4) is 0 Å². The van der Waals surface area contributed by atoms with Crippen molar-refractivity contribution < 1.29 is 8.78 Å². The first kappa shape index (κ1) is 53.7. The molecule has 0 N–H and O–H groups in total. The van der Waals surface area contributed by atoms with E-state index in [2.05, 4.69) is 137 Å². The molecule has 7 heteroatoms. The molecule has 0 unspecified atom stereocenters. The lowest BCUT2D eigenvalue weighted by atomic mass is 9.85. The molecule has 4 aliphatic heterocycles. The third-order valence-electron chi connectivity index (χ3n) is 13.1. The number of fused-ring (bicyclic) bond motifs is 4. The van der Waals surface area contributed by atoms with E-state index in [0.29, 0.717) is 29.4 Å². The van der Waals surface area contributed by atoms with E-state index in [1.807, 2.05) is 59.7 Å². The first-order chi connectivity index (χ1) is 30.8. The van der Waals surface area contributed by atoms with Crippen molar-refractivity contribution in [2.75, 3.05) is 0 Å². The average Bonchev–Trinajstić information content (AvgIpc) is 4.01. The van der Waals surface area contributed by atoms with Crippen LogP contribution in [0, 0.1) is 35.3 Å². The lowest BCUT2D eigenvalue weighted by Crippen LogP contribution is -2.13. The van der Waals surface area contributed by atoms with E-state index < -0.39 is 0 Å². The van der Waals surface area contributed by atoms with Gasteiger partial charge in [-0.3, -0.25) is 20.0 Å². The van der Waals surface area contributed by atoms with Crippen LogP contribution in [0.5, 0.6) is 0 Å². The first-order valence-electron chi connectivity index (χ1n) is 24.7. The molecule has 67 heavy (non-hydrogen) atoms. The SMILES string of the molecule is CC(C)C1=Nc2c(ccc(C(C)(C)C)c2Cl)C1.CC(C)C1=Nc2c(ccc(C(C)(C)C)c2F)C1.CC(C)C1=Nc2cc(C(C)(C)C)c(F)cc2C1.CC(C)C1=Nc2cc(C(C)(C)C)ccc2C1. The largest absolute Gasteiger partial charge is 0.257 e. The molecule has 4 aromatic rings. The van der Waals surface area contributed by atoms with Crippen molar-refractivity contribution in [3.63, 3.8) is 0 Å². The normalized spacial score (nSPS) is 15.1. The van der Waals surface area contributed by atoms with Gasteiger partial charge in [0.1, 0.15) is 11.5 Å². The van der Waals surface area contributed by atoms with Gasteiger partial charge in [0.15, 0.2) is 5.82 Å². The van der Waals surface area contributed by atoms with E-state index in [0.717, 1.165) is 75.8 Å². The zero-order valence-electron chi connectivity index (χ0n) is 44.8. The molecule has 0 aromatic heterocycles. The van der Waals surface area contributed by atoms with Crippen LogP contribution in [0.25, 0.3) is 0 Å². The highest BCUT2D eigenvalue weighted by Gasteiger charge is 2.29.